The second kappa shape index (κ2) is 7.89. The first-order chi connectivity index (χ1) is 10.6. The zero-order valence-corrected chi connectivity index (χ0v) is 13.9. The number of nitrogens with zero attached hydrogens (tertiary/aromatic N) is 2. The van der Waals surface area contributed by atoms with Crippen molar-refractivity contribution in [3.63, 3.8) is 0 Å². The van der Waals surface area contributed by atoms with Gasteiger partial charge in [0.25, 0.3) is 0 Å². The normalized spacial score (nSPS) is 12.0. The van der Waals surface area contributed by atoms with E-state index in [1.54, 1.807) is 13.3 Å². The van der Waals surface area contributed by atoms with E-state index in [4.69, 9.17) is 4.74 Å². The van der Waals surface area contributed by atoms with Gasteiger partial charge in [0.15, 0.2) is 5.16 Å². The van der Waals surface area contributed by atoms with Gasteiger partial charge in [0.2, 0.25) is 5.91 Å². The molecule has 5 nitrogen and oxygen atoms in total. The molecule has 1 atom stereocenters. The summed E-state index contributed by atoms with van der Waals surface area (Å²) in [5, 5.41) is 3.70. The van der Waals surface area contributed by atoms with Gasteiger partial charge in [0.1, 0.15) is 5.75 Å². The first-order valence-electron chi connectivity index (χ1n) is 7.18. The van der Waals surface area contributed by atoms with Crippen LogP contribution in [0.4, 0.5) is 0 Å². The maximum Gasteiger partial charge on any atom is 0.233 e. The molecular formula is C16H21N3O2S. The van der Waals surface area contributed by atoms with E-state index < -0.39 is 0 Å². The first-order valence-corrected chi connectivity index (χ1v) is 8.06. The molecule has 1 aromatic carbocycles. The summed E-state index contributed by atoms with van der Waals surface area (Å²) in [5.74, 6) is 0.846. The zero-order chi connectivity index (χ0) is 15.9. The van der Waals surface area contributed by atoms with E-state index in [9.17, 15) is 4.79 Å². The highest BCUT2D eigenvalue weighted by Crippen LogP contribution is 2.23. The summed E-state index contributed by atoms with van der Waals surface area (Å²) in [7, 11) is 3.56. The topological polar surface area (TPSA) is 56.2 Å². The number of amides is 1. The van der Waals surface area contributed by atoms with Gasteiger partial charge >= 0.3 is 0 Å². The Morgan fingerprint density at radius 2 is 2.14 bits per heavy atom. The van der Waals surface area contributed by atoms with Crippen LogP contribution in [0.3, 0.4) is 0 Å². The number of thioether (sulfide) groups is 1. The number of nitrogens with one attached hydrogen (secondary N) is 1. The van der Waals surface area contributed by atoms with Crippen molar-refractivity contribution in [3.05, 3.63) is 42.2 Å². The van der Waals surface area contributed by atoms with Crippen molar-refractivity contribution in [2.75, 3.05) is 7.11 Å². The number of benzene rings is 1. The summed E-state index contributed by atoms with van der Waals surface area (Å²) >= 11 is 1.49. The highest BCUT2D eigenvalue weighted by molar-refractivity contribution is 8.00. The van der Waals surface area contributed by atoms with Gasteiger partial charge in [0.05, 0.1) is 12.4 Å². The lowest BCUT2D eigenvalue weighted by molar-refractivity contribution is -0.120. The summed E-state index contributed by atoms with van der Waals surface area (Å²) in [6.45, 7) is 2.52. The average Bonchev–Trinajstić information content (AvgIpc) is 2.95. The Labute approximate surface area is 135 Å². The molecule has 0 saturated carbocycles. The maximum atomic E-state index is 12.3. The number of aromatic nitrogens is 2. The standard InChI is InChI=1S/C16H21N3O2S/c1-4-14(22-16-17-9-10-19(16)2)15(20)18-11-12-5-7-13(21-3)8-6-12/h5-10,14H,4,11H2,1-3H3,(H,18,20). The molecule has 1 amide bonds. The van der Waals surface area contributed by atoms with Crippen molar-refractivity contribution in [1.29, 1.82) is 0 Å². The molecule has 6 heteroatoms. The van der Waals surface area contributed by atoms with Gasteiger partial charge in [-0.1, -0.05) is 30.8 Å². The van der Waals surface area contributed by atoms with Crippen LogP contribution in [-0.2, 0) is 18.4 Å². The summed E-state index contributed by atoms with van der Waals surface area (Å²) in [6, 6.07) is 7.68. The van der Waals surface area contributed by atoms with E-state index in [1.807, 2.05) is 49.0 Å². The van der Waals surface area contributed by atoms with Crippen molar-refractivity contribution >= 4 is 17.7 Å². The lowest BCUT2D eigenvalue weighted by Gasteiger charge is -2.14. The molecule has 1 N–H and O–H groups in total. The van der Waals surface area contributed by atoms with Crippen molar-refractivity contribution in [1.82, 2.24) is 14.9 Å². The van der Waals surface area contributed by atoms with Crippen molar-refractivity contribution in [2.45, 2.75) is 30.3 Å². The van der Waals surface area contributed by atoms with E-state index in [1.165, 1.54) is 11.8 Å². The van der Waals surface area contributed by atoms with Crippen molar-refractivity contribution in [2.24, 2.45) is 7.05 Å². The van der Waals surface area contributed by atoms with Gasteiger partial charge in [0, 0.05) is 26.0 Å². The third-order valence-electron chi connectivity index (χ3n) is 3.31. The molecule has 2 rings (SSSR count). The summed E-state index contributed by atoms with van der Waals surface area (Å²) in [6.07, 6.45) is 4.38. The number of hydrogen-bond donors (Lipinski definition) is 1. The molecular weight excluding hydrogens is 298 g/mol. The molecule has 0 aliphatic carbocycles. The zero-order valence-electron chi connectivity index (χ0n) is 13.1. The number of carbonyl (C=O) groups is 1. The molecule has 0 fully saturated rings. The average molecular weight is 319 g/mol. The lowest BCUT2D eigenvalue weighted by atomic mass is 10.2. The Morgan fingerprint density at radius 1 is 1.41 bits per heavy atom. The number of aryl methyl sites for hydroxylation is 1. The van der Waals surface area contributed by atoms with Crippen LogP contribution in [-0.4, -0.2) is 27.8 Å². The van der Waals surface area contributed by atoms with Crippen LogP contribution in [0.2, 0.25) is 0 Å². The second-order valence-corrected chi connectivity index (χ2v) is 6.07. The molecule has 0 aliphatic heterocycles. The highest BCUT2D eigenvalue weighted by Gasteiger charge is 2.19. The van der Waals surface area contributed by atoms with Gasteiger partial charge in [-0.3, -0.25) is 4.79 Å². The lowest BCUT2D eigenvalue weighted by Crippen LogP contribution is -2.32. The maximum absolute atomic E-state index is 12.3. The monoisotopic (exact) mass is 319 g/mol. The smallest absolute Gasteiger partial charge is 0.233 e. The predicted octanol–water partition coefficient (Wildman–Crippen LogP) is 2.62. The molecule has 1 aromatic heterocycles. The number of hydrogen-bond acceptors (Lipinski definition) is 4. The fourth-order valence-corrected chi connectivity index (χ4v) is 2.92. The van der Waals surface area contributed by atoms with E-state index >= 15 is 0 Å². The second-order valence-electron chi connectivity index (χ2n) is 4.90. The van der Waals surface area contributed by atoms with Crippen LogP contribution in [0.15, 0.2) is 41.8 Å². The van der Waals surface area contributed by atoms with Gasteiger partial charge in [-0.25, -0.2) is 4.98 Å². The quantitative estimate of drug-likeness (QED) is 0.797. The first kappa shape index (κ1) is 16.4. The number of rotatable bonds is 7. The predicted molar refractivity (Wildman–Crippen MR) is 88.0 cm³/mol. The Balaban J connectivity index is 1.90. The van der Waals surface area contributed by atoms with Crippen molar-refractivity contribution < 1.29 is 9.53 Å². The number of imidazole rings is 1. The SMILES string of the molecule is CCC(Sc1nccn1C)C(=O)NCc1ccc(OC)cc1. The van der Waals surface area contributed by atoms with E-state index in [0.717, 1.165) is 22.9 Å². The molecule has 0 radical (unpaired) electrons. The Kier molecular flexibility index (Phi) is 5.89. The van der Waals surface area contributed by atoms with Gasteiger partial charge < -0.3 is 14.6 Å². The molecule has 0 bridgehead atoms. The van der Waals surface area contributed by atoms with Crippen LogP contribution in [0.5, 0.6) is 5.75 Å². The molecule has 1 unspecified atom stereocenters. The molecule has 0 aliphatic rings. The molecule has 2 aromatic rings. The Hall–Kier alpha value is -1.95. The largest absolute Gasteiger partial charge is 0.497 e. The van der Waals surface area contributed by atoms with Crippen LogP contribution >= 0.6 is 11.8 Å². The molecule has 118 valence electrons. The number of ether oxygens (including phenoxy) is 1. The minimum absolute atomic E-state index is 0.0336. The van der Waals surface area contributed by atoms with E-state index in [-0.39, 0.29) is 11.2 Å². The number of methoxy groups -OCH3 is 1. The third-order valence-corrected chi connectivity index (χ3v) is 4.75. The van der Waals surface area contributed by atoms with Crippen LogP contribution in [0, 0.1) is 0 Å². The third kappa shape index (κ3) is 4.27. The van der Waals surface area contributed by atoms with Gasteiger partial charge in [-0.15, -0.1) is 0 Å². The minimum Gasteiger partial charge on any atom is -0.497 e. The highest BCUT2D eigenvalue weighted by atomic mass is 32.2. The molecule has 1 heterocycles. The molecule has 22 heavy (non-hydrogen) atoms. The Bertz CT molecular complexity index is 610. The Morgan fingerprint density at radius 3 is 2.68 bits per heavy atom. The van der Waals surface area contributed by atoms with Crippen LogP contribution in [0.1, 0.15) is 18.9 Å². The van der Waals surface area contributed by atoms with Crippen molar-refractivity contribution in [3.8, 4) is 5.75 Å². The fourth-order valence-electron chi connectivity index (χ4n) is 1.96. The van der Waals surface area contributed by atoms with E-state index in [0.29, 0.717) is 6.54 Å². The van der Waals surface area contributed by atoms with Gasteiger partial charge in [-0.05, 0) is 24.1 Å². The minimum atomic E-state index is -0.139. The fraction of sp³-hybridized carbons (Fsp3) is 0.375. The number of carbonyl (C=O) groups excluding carboxylic acids is 1. The summed E-state index contributed by atoms with van der Waals surface area (Å²) < 4.78 is 7.04. The van der Waals surface area contributed by atoms with Crippen LogP contribution in [0.25, 0.3) is 0 Å². The molecule has 0 spiro atoms. The van der Waals surface area contributed by atoms with Gasteiger partial charge in [-0.2, -0.15) is 0 Å². The van der Waals surface area contributed by atoms with Crippen LogP contribution < -0.4 is 10.1 Å². The summed E-state index contributed by atoms with van der Waals surface area (Å²) in [4.78, 5) is 16.6. The van der Waals surface area contributed by atoms with E-state index in [2.05, 4.69) is 10.3 Å². The summed E-state index contributed by atoms with van der Waals surface area (Å²) in [5.41, 5.74) is 1.05. The molecule has 0 saturated heterocycles.